The molecule has 5 nitrogen and oxygen atoms in total. The maximum Gasteiger partial charge on any atom is 0.305 e. The number of hydrogen-bond acceptors (Lipinski definition) is 4. The first kappa shape index (κ1) is 24.3. The molecule has 0 aliphatic rings. The Morgan fingerprint density at radius 1 is 1.03 bits per heavy atom. The molecule has 0 saturated carbocycles. The molecule has 172 valence electrons. The van der Waals surface area contributed by atoms with Crippen molar-refractivity contribution in [2.45, 2.75) is 44.8 Å². The number of carboxylic acid groups (broad SMARTS) is 1. The quantitative estimate of drug-likeness (QED) is 0.414. The number of carbonyl (C=O) groups is 1. The minimum Gasteiger partial charge on any atom is -0.481 e. The van der Waals surface area contributed by atoms with Gasteiger partial charge in [0.15, 0.2) is 0 Å². The van der Waals surface area contributed by atoms with Crippen molar-refractivity contribution in [3.8, 4) is 22.4 Å². The minimum absolute atomic E-state index is 0.0576. The van der Waals surface area contributed by atoms with E-state index in [0.29, 0.717) is 0 Å². The van der Waals surface area contributed by atoms with Crippen molar-refractivity contribution in [3.63, 3.8) is 0 Å². The summed E-state index contributed by atoms with van der Waals surface area (Å²) in [4.78, 5) is 15.7. The highest BCUT2D eigenvalue weighted by atomic mass is 19.1. The summed E-state index contributed by atoms with van der Waals surface area (Å²) in [6.45, 7) is 4.05. The van der Waals surface area contributed by atoms with Gasteiger partial charge >= 0.3 is 5.97 Å². The summed E-state index contributed by atoms with van der Waals surface area (Å²) in [7, 11) is 0. The van der Waals surface area contributed by atoms with Crippen LogP contribution in [0.3, 0.4) is 0 Å². The van der Waals surface area contributed by atoms with Crippen LogP contribution in [0.1, 0.15) is 43.9 Å². The molecule has 0 aliphatic carbocycles. The second kappa shape index (κ2) is 11.0. The Balaban J connectivity index is 2.08. The lowest BCUT2D eigenvalue weighted by Crippen LogP contribution is -2.19. The van der Waals surface area contributed by atoms with Crippen molar-refractivity contribution in [2.75, 3.05) is 0 Å². The van der Waals surface area contributed by atoms with Gasteiger partial charge in [-0.3, -0.25) is 9.78 Å². The lowest BCUT2D eigenvalue weighted by atomic mass is 9.92. The molecule has 1 unspecified atom stereocenters. The summed E-state index contributed by atoms with van der Waals surface area (Å²) in [5, 5.41) is 29.0. The van der Waals surface area contributed by atoms with E-state index in [2.05, 4.69) is 0 Å². The predicted molar refractivity (Wildman–Crippen MR) is 127 cm³/mol. The van der Waals surface area contributed by atoms with Gasteiger partial charge in [-0.15, -0.1) is 0 Å². The van der Waals surface area contributed by atoms with Crippen molar-refractivity contribution in [1.82, 2.24) is 4.98 Å². The normalized spacial score (nSPS) is 13.4. The van der Waals surface area contributed by atoms with Gasteiger partial charge in [0.25, 0.3) is 0 Å². The van der Waals surface area contributed by atoms with E-state index in [1.165, 1.54) is 18.2 Å². The highest BCUT2D eigenvalue weighted by molar-refractivity contribution is 5.80. The van der Waals surface area contributed by atoms with Gasteiger partial charge in [0, 0.05) is 17.5 Å². The average Bonchev–Trinajstić information content (AvgIpc) is 2.77. The van der Waals surface area contributed by atoms with Crippen molar-refractivity contribution < 1.29 is 24.5 Å². The third-order valence-corrected chi connectivity index (χ3v) is 5.27. The molecule has 0 bridgehead atoms. The molecule has 0 fully saturated rings. The van der Waals surface area contributed by atoms with Gasteiger partial charge in [-0.25, -0.2) is 4.39 Å². The Hall–Kier alpha value is -3.35. The molecule has 33 heavy (non-hydrogen) atoms. The number of halogens is 1. The van der Waals surface area contributed by atoms with Crippen LogP contribution >= 0.6 is 0 Å². The van der Waals surface area contributed by atoms with E-state index in [1.807, 2.05) is 50.2 Å². The number of carboxylic acids is 1. The Kier molecular flexibility index (Phi) is 8.09. The van der Waals surface area contributed by atoms with E-state index in [-0.39, 0.29) is 18.2 Å². The molecule has 3 N–H and O–H groups in total. The molecule has 3 aromatic rings. The van der Waals surface area contributed by atoms with E-state index in [4.69, 9.17) is 10.1 Å². The monoisotopic (exact) mass is 449 g/mol. The number of aromatic nitrogens is 1. The zero-order chi connectivity index (χ0) is 24.0. The fourth-order valence-electron chi connectivity index (χ4n) is 3.66. The number of pyridine rings is 1. The van der Waals surface area contributed by atoms with Crippen LogP contribution in [0.25, 0.3) is 28.5 Å². The minimum atomic E-state index is -1.15. The fraction of sp³-hybridized carbons (Fsp3) is 0.259. The van der Waals surface area contributed by atoms with Gasteiger partial charge in [0.1, 0.15) is 5.82 Å². The maximum atomic E-state index is 13.6. The number of aliphatic carboxylic acids is 1. The van der Waals surface area contributed by atoms with Crippen molar-refractivity contribution in [2.24, 2.45) is 0 Å². The molecule has 0 amide bonds. The molecule has 0 spiro atoms. The zero-order valence-electron chi connectivity index (χ0n) is 18.6. The third-order valence-electron chi connectivity index (χ3n) is 5.27. The summed E-state index contributed by atoms with van der Waals surface area (Å²) >= 11 is 0. The Bertz CT molecular complexity index is 1110. The van der Waals surface area contributed by atoms with Gasteiger partial charge in [-0.2, -0.15) is 0 Å². The van der Waals surface area contributed by atoms with E-state index >= 15 is 0 Å². The van der Waals surface area contributed by atoms with E-state index < -0.39 is 24.6 Å². The number of aliphatic hydroxyl groups is 2. The second-order valence-electron chi connectivity index (χ2n) is 8.30. The van der Waals surface area contributed by atoms with Crippen LogP contribution < -0.4 is 0 Å². The van der Waals surface area contributed by atoms with Gasteiger partial charge in [-0.1, -0.05) is 68.5 Å². The SMILES string of the molecule is CC(C)c1nc(-c2ccccc2)cc(-c2ccc(F)cc2)c1C=C[C@@H](O)CC(O)CC(=O)O. The predicted octanol–water partition coefficient (Wildman–Crippen LogP) is 5.28. The highest BCUT2D eigenvalue weighted by Gasteiger charge is 2.18. The summed E-state index contributed by atoms with van der Waals surface area (Å²) in [5.41, 5.74) is 4.97. The Morgan fingerprint density at radius 2 is 1.70 bits per heavy atom. The summed E-state index contributed by atoms with van der Waals surface area (Å²) < 4.78 is 13.6. The first-order valence-corrected chi connectivity index (χ1v) is 10.9. The first-order valence-electron chi connectivity index (χ1n) is 10.9. The van der Waals surface area contributed by atoms with Crippen LogP contribution in [0.5, 0.6) is 0 Å². The lowest BCUT2D eigenvalue weighted by molar-refractivity contribution is -0.139. The number of benzene rings is 2. The average molecular weight is 450 g/mol. The van der Waals surface area contributed by atoms with Crippen molar-refractivity contribution >= 4 is 12.0 Å². The first-order chi connectivity index (χ1) is 15.7. The van der Waals surface area contributed by atoms with Crippen LogP contribution in [0, 0.1) is 5.82 Å². The standard InChI is InChI=1S/C27H28FNO4/c1-17(2)27-23(13-12-21(30)14-22(31)15-26(32)33)24(18-8-10-20(28)11-9-18)16-25(29-27)19-6-4-3-5-7-19/h3-13,16-17,21-22,30-31H,14-15H2,1-2H3,(H,32,33)/t21-,22?/m1/s1. The van der Waals surface area contributed by atoms with Crippen LogP contribution in [0.4, 0.5) is 4.39 Å². The smallest absolute Gasteiger partial charge is 0.305 e. The summed E-state index contributed by atoms with van der Waals surface area (Å²) in [6, 6.07) is 17.9. The number of aliphatic hydroxyl groups excluding tert-OH is 2. The van der Waals surface area contributed by atoms with Gasteiger partial charge in [-0.05, 0) is 35.2 Å². The van der Waals surface area contributed by atoms with Crippen molar-refractivity contribution in [1.29, 1.82) is 0 Å². The van der Waals surface area contributed by atoms with Gasteiger partial charge in [0.2, 0.25) is 0 Å². The molecule has 1 heterocycles. The third kappa shape index (κ3) is 6.57. The number of hydrogen-bond donors (Lipinski definition) is 3. The fourth-order valence-corrected chi connectivity index (χ4v) is 3.66. The molecule has 3 rings (SSSR count). The zero-order valence-corrected chi connectivity index (χ0v) is 18.6. The molecule has 2 aromatic carbocycles. The molecule has 0 aliphatic heterocycles. The van der Waals surface area contributed by atoms with Crippen LogP contribution in [0.2, 0.25) is 0 Å². The molecule has 6 heteroatoms. The molecule has 2 atom stereocenters. The van der Waals surface area contributed by atoms with Crippen LogP contribution in [0.15, 0.2) is 66.7 Å². The van der Waals surface area contributed by atoms with E-state index in [9.17, 15) is 19.4 Å². The molecular formula is C27H28FNO4. The second-order valence-corrected chi connectivity index (χ2v) is 8.30. The van der Waals surface area contributed by atoms with Gasteiger partial charge in [0.05, 0.1) is 30.0 Å². The molecule has 0 saturated heterocycles. The lowest BCUT2D eigenvalue weighted by Gasteiger charge is -2.18. The summed E-state index contributed by atoms with van der Waals surface area (Å²) in [5.74, 6) is -1.40. The van der Waals surface area contributed by atoms with E-state index in [1.54, 1.807) is 18.2 Å². The van der Waals surface area contributed by atoms with Gasteiger partial charge < -0.3 is 15.3 Å². The largest absolute Gasteiger partial charge is 0.481 e. The molecule has 1 aromatic heterocycles. The van der Waals surface area contributed by atoms with Crippen LogP contribution in [-0.4, -0.2) is 38.5 Å². The maximum absolute atomic E-state index is 13.6. The topological polar surface area (TPSA) is 90.7 Å². The Morgan fingerprint density at radius 3 is 2.30 bits per heavy atom. The number of nitrogens with zero attached hydrogens (tertiary/aromatic N) is 1. The Labute approximate surface area is 192 Å². The molecular weight excluding hydrogens is 421 g/mol. The van der Waals surface area contributed by atoms with E-state index in [0.717, 1.165) is 33.6 Å². The highest BCUT2D eigenvalue weighted by Crippen LogP contribution is 2.34. The van der Waals surface area contributed by atoms with Crippen molar-refractivity contribution in [3.05, 3.63) is 83.8 Å². The molecule has 0 radical (unpaired) electrons. The number of rotatable bonds is 9. The summed E-state index contributed by atoms with van der Waals surface area (Å²) in [6.07, 6.45) is 0.561. The van der Waals surface area contributed by atoms with Crippen LogP contribution in [-0.2, 0) is 4.79 Å².